The summed E-state index contributed by atoms with van der Waals surface area (Å²) in [5, 5.41) is 0. The molecule has 0 radical (unpaired) electrons. The molecule has 7 heteroatoms. The van der Waals surface area contributed by atoms with Gasteiger partial charge in [0.1, 0.15) is 5.82 Å². The number of fused-ring (bicyclic) bond motifs is 1. The zero-order valence-electron chi connectivity index (χ0n) is 14.2. The first-order chi connectivity index (χ1) is 12.2. The summed E-state index contributed by atoms with van der Waals surface area (Å²) in [6, 6.07) is 11.7. The molecule has 0 atom stereocenters. The largest absolute Gasteiger partial charge is 1.00 e. The molecule has 1 saturated heterocycles. The van der Waals surface area contributed by atoms with E-state index in [2.05, 4.69) is 4.90 Å². The first kappa shape index (κ1) is 18.5. The van der Waals surface area contributed by atoms with Gasteiger partial charge in [0.05, 0.1) is 0 Å². The molecule has 0 aliphatic carbocycles. The highest BCUT2D eigenvalue weighted by molar-refractivity contribution is 5.94. The van der Waals surface area contributed by atoms with Crippen molar-refractivity contribution < 1.29 is 31.1 Å². The number of nitrogens with zero attached hydrogens (tertiary/aromatic N) is 2. The van der Waals surface area contributed by atoms with E-state index in [-0.39, 0.29) is 30.9 Å². The zero-order chi connectivity index (χ0) is 17.2. The fraction of sp³-hybridized carbons (Fsp3) is 0.316. The van der Waals surface area contributed by atoms with E-state index in [4.69, 9.17) is 9.47 Å². The summed E-state index contributed by atoms with van der Waals surface area (Å²) in [5.41, 5.74) is 1.70. The van der Waals surface area contributed by atoms with E-state index in [1.54, 1.807) is 0 Å². The van der Waals surface area contributed by atoms with Gasteiger partial charge in [0.15, 0.2) is 11.5 Å². The Hall–Kier alpha value is -2.31. The maximum absolute atomic E-state index is 13.0. The zero-order valence-corrected chi connectivity index (χ0v) is 14.9. The smallest absolute Gasteiger partial charge is 0.253 e. The number of ether oxygens (including phenoxy) is 2. The molecular weight excluding hydrogens is 359 g/mol. The van der Waals surface area contributed by atoms with Gasteiger partial charge in [0.2, 0.25) is 6.79 Å². The molecule has 0 spiro atoms. The predicted octanol–water partition coefficient (Wildman–Crippen LogP) is -0.484. The minimum absolute atomic E-state index is 0. The van der Waals surface area contributed by atoms with Crippen LogP contribution in [0.2, 0.25) is 0 Å². The third kappa shape index (κ3) is 3.92. The molecule has 26 heavy (non-hydrogen) atoms. The number of piperazine rings is 1. The summed E-state index contributed by atoms with van der Waals surface area (Å²) >= 11 is 0. The topological polar surface area (TPSA) is 42.0 Å². The maximum atomic E-state index is 13.0. The first-order valence-electron chi connectivity index (χ1n) is 8.35. The van der Waals surface area contributed by atoms with E-state index in [1.807, 2.05) is 23.1 Å². The summed E-state index contributed by atoms with van der Waals surface area (Å²) in [4.78, 5) is 16.6. The van der Waals surface area contributed by atoms with Gasteiger partial charge in [-0.3, -0.25) is 9.69 Å². The fourth-order valence-electron chi connectivity index (χ4n) is 3.18. The number of hydrogen-bond donors (Lipinski definition) is 0. The SMILES string of the molecule is O=C(c1ccc(F)cc1)N1CCN(Cc2ccc3c(c2)OCO3)CC1.[Cl-]. The maximum Gasteiger partial charge on any atom is 0.253 e. The van der Waals surface area contributed by atoms with Gasteiger partial charge in [-0.15, -0.1) is 0 Å². The third-order valence-electron chi connectivity index (χ3n) is 4.59. The lowest BCUT2D eigenvalue weighted by Gasteiger charge is -2.34. The summed E-state index contributed by atoms with van der Waals surface area (Å²) in [6.45, 7) is 4.04. The Morgan fingerprint density at radius 2 is 1.65 bits per heavy atom. The van der Waals surface area contributed by atoms with Crippen molar-refractivity contribution >= 4 is 5.91 Å². The first-order valence-corrected chi connectivity index (χ1v) is 8.35. The summed E-state index contributed by atoms with van der Waals surface area (Å²) in [6.07, 6.45) is 0. The van der Waals surface area contributed by atoms with E-state index in [9.17, 15) is 9.18 Å². The molecule has 0 bridgehead atoms. The molecule has 2 aliphatic heterocycles. The van der Waals surface area contributed by atoms with Crippen LogP contribution in [0.1, 0.15) is 15.9 Å². The van der Waals surface area contributed by atoms with E-state index >= 15 is 0 Å². The summed E-state index contributed by atoms with van der Waals surface area (Å²) in [5.74, 6) is 1.22. The molecule has 0 saturated carbocycles. The number of benzene rings is 2. The molecule has 0 unspecified atom stereocenters. The molecule has 1 fully saturated rings. The molecule has 138 valence electrons. The van der Waals surface area contributed by atoms with Crippen molar-refractivity contribution in [2.75, 3.05) is 33.0 Å². The average molecular weight is 378 g/mol. The van der Waals surface area contributed by atoms with Crippen LogP contribution in [0.5, 0.6) is 11.5 Å². The van der Waals surface area contributed by atoms with Gasteiger partial charge in [0, 0.05) is 38.3 Å². The van der Waals surface area contributed by atoms with Crippen LogP contribution in [-0.2, 0) is 6.54 Å². The lowest BCUT2D eigenvalue weighted by molar-refractivity contribution is -0.0000181. The second kappa shape index (κ2) is 7.93. The van der Waals surface area contributed by atoms with Crippen LogP contribution in [0.25, 0.3) is 0 Å². The van der Waals surface area contributed by atoms with Crippen molar-refractivity contribution in [3.05, 3.63) is 59.4 Å². The lowest BCUT2D eigenvalue weighted by Crippen LogP contribution is -3.00. The van der Waals surface area contributed by atoms with E-state index < -0.39 is 0 Å². The number of carbonyl (C=O) groups excluding carboxylic acids is 1. The van der Waals surface area contributed by atoms with Crippen molar-refractivity contribution in [3.8, 4) is 11.5 Å². The Morgan fingerprint density at radius 1 is 0.962 bits per heavy atom. The van der Waals surface area contributed by atoms with Crippen LogP contribution in [0, 0.1) is 5.82 Å². The molecule has 2 aromatic carbocycles. The quantitative estimate of drug-likeness (QED) is 0.724. The minimum atomic E-state index is -0.329. The molecule has 5 nitrogen and oxygen atoms in total. The van der Waals surface area contributed by atoms with Gasteiger partial charge >= 0.3 is 0 Å². The van der Waals surface area contributed by atoms with Gasteiger partial charge in [-0.05, 0) is 42.0 Å². The number of carbonyl (C=O) groups is 1. The van der Waals surface area contributed by atoms with Crippen molar-refractivity contribution in [1.82, 2.24) is 9.80 Å². The fourth-order valence-corrected chi connectivity index (χ4v) is 3.18. The normalized spacial score (nSPS) is 16.3. The highest BCUT2D eigenvalue weighted by Crippen LogP contribution is 2.32. The van der Waals surface area contributed by atoms with E-state index in [0.717, 1.165) is 31.1 Å². The predicted molar refractivity (Wildman–Crippen MR) is 90.1 cm³/mol. The van der Waals surface area contributed by atoms with Crippen molar-refractivity contribution in [1.29, 1.82) is 0 Å². The highest BCUT2D eigenvalue weighted by Gasteiger charge is 2.22. The summed E-state index contributed by atoms with van der Waals surface area (Å²) < 4.78 is 23.7. The highest BCUT2D eigenvalue weighted by atomic mass is 35.5. The number of hydrogen-bond acceptors (Lipinski definition) is 4. The van der Waals surface area contributed by atoms with Gasteiger partial charge in [-0.25, -0.2) is 4.39 Å². The molecular formula is C19H19ClFN2O3-. The molecule has 2 aromatic rings. The number of amides is 1. The van der Waals surface area contributed by atoms with E-state index in [1.165, 1.54) is 29.8 Å². The monoisotopic (exact) mass is 377 g/mol. The molecule has 4 rings (SSSR count). The number of rotatable bonds is 3. The van der Waals surface area contributed by atoms with Crippen LogP contribution in [0.3, 0.4) is 0 Å². The molecule has 0 aromatic heterocycles. The van der Waals surface area contributed by atoms with Crippen LogP contribution >= 0.6 is 0 Å². The molecule has 0 N–H and O–H groups in total. The Bertz CT molecular complexity index is 777. The van der Waals surface area contributed by atoms with Gasteiger partial charge in [0.25, 0.3) is 5.91 Å². The lowest BCUT2D eigenvalue weighted by atomic mass is 10.1. The van der Waals surface area contributed by atoms with Gasteiger partial charge in [-0.2, -0.15) is 0 Å². The van der Waals surface area contributed by atoms with Crippen molar-refractivity contribution in [3.63, 3.8) is 0 Å². The number of halogens is 2. The Balaban J connectivity index is 0.00000196. The Morgan fingerprint density at radius 3 is 2.38 bits per heavy atom. The second-order valence-electron chi connectivity index (χ2n) is 6.26. The van der Waals surface area contributed by atoms with Crippen LogP contribution in [-0.4, -0.2) is 48.7 Å². The Kier molecular flexibility index (Phi) is 5.64. The van der Waals surface area contributed by atoms with Crippen molar-refractivity contribution in [2.45, 2.75) is 6.54 Å². The summed E-state index contributed by atoms with van der Waals surface area (Å²) in [7, 11) is 0. The van der Waals surface area contributed by atoms with Gasteiger partial charge < -0.3 is 26.8 Å². The molecule has 1 amide bonds. The minimum Gasteiger partial charge on any atom is -1.00 e. The standard InChI is InChI=1S/C19H19FN2O3.ClH/c20-16-4-2-15(3-5-16)19(23)22-9-7-21(8-10-22)12-14-1-6-17-18(11-14)25-13-24-17;/h1-6,11H,7-10,12-13H2;1H/p-1. The van der Waals surface area contributed by atoms with Crippen LogP contribution in [0.4, 0.5) is 4.39 Å². The van der Waals surface area contributed by atoms with Gasteiger partial charge in [-0.1, -0.05) is 6.07 Å². The third-order valence-corrected chi connectivity index (χ3v) is 4.59. The van der Waals surface area contributed by atoms with Crippen LogP contribution in [0.15, 0.2) is 42.5 Å². The molecule has 2 aliphatic rings. The van der Waals surface area contributed by atoms with Crippen LogP contribution < -0.4 is 21.9 Å². The second-order valence-corrected chi connectivity index (χ2v) is 6.26. The van der Waals surface area contributed by atoms with E-state index in [0.29, 0.717) is 18.7 Å². The average Bonchev–Trinajstić information content (AvgIpc) is 3.10. The van der Waals surface area contributed by atoms with Crippen molar-refractivity contribution in [2.24, 2.45) is 0 Å². The molecule has 2 heterocycles. The Labute approximate surface area is 157 Å².